The molecule has 0 aromatic heterocycles. The number of unbranched alkanes of at least 4 members (excludes halogenated alkanes) is 10. The third-order valence-corrected chi connectivity index (χ3v) is 6.78. The first kappa shape index (κ1) is 29.3. The Balaban J connectivity index is 2.30. The van der Waals surface area contributed by atoms with E-state index in [0.29, 0.717) is 0 Å². The van der Waals surface area contributed by atoms with Crippen LogP contribution >= 0.6 is 0 Å². The van der Waals surface area contributed by atoms with E-state index in [4.69, 9.17) is 4.74 Å². The van der Waals surface area contributed by atoms with Gasteiger partial charge in [-0.2, -0.15) is 0 Å². The van der Waals surface area contributed by atoms with Gasteiger partial charge in [0.2, 0.25) is 0 Å². The molecule has 1 aliphatic rings. The fraction of sp³-hybridized carbons (Fsp3) is 0.964. The lowest BCUT2D eigenvalue weighted by molar-refractivity contribution is 0.0177. The van der Waals surface area contributed by atoms with E-state index in [1.807, 2.05) is 25.7 Å². The van der Waals surface area contributed by atoms with Crippen LogP contribution in [0.15, 0.2) is 0 Å². The molecule has 0 bridgehead atoms. The van der Waals surface area contributed by atoms with Gasteiger partial charge in [0, 0.05) is 13.1 Å². The van der Waals surface area contributed by atoms with Crippen LogP contribution in [0.1, 0.15) is 131 Å². The van der Waals surface area contributed by atoms with Gasteiger partial charge in [-0.15, -0.1) is 0 Å². The summed E-state index contributed by atoms with van der Waals surface area (Å²) in [5, 5.41) is 0. The molecule has 190 valence electrons. The molecule has 32 heavy (non-hydrogen) atoms. The maximum Gasteiger partial charge on any atom is 0.410 e. The minimum Gasteiger partial charge on any atom is -0.444 e. The van der Waals surface area contributed by atoms with Crippen LogP contribution in [0.5, 0.6) is 0 Å². The molecule has 1 amide bonds. The molecule has 1 rings (SSSR count). The number of piperidine rings is 1. The van der Waals surface area contributed by atoms with Crippen molar-refractivity contribution in [2.24, 2.45) is 5.92 Å². The maximum absolute atomic E-state index is 12.3. The highest BCUT2D eigenvalue weighted by Crippen LogP contribution is 2.23. The van der Waals surface area contributed by atoms with Crippen LogP contribution in [0.4, 0.5) is 4.79 Å². The quantitative estimate of drug-likeness (QED) is 0.209. The van der Waals surface area contributed by atoms with Crippen molar-refractivity contribution in [3.05, 3.63) is 0 Å². The van der Waals surface area contributed by atoms with Crippen LogP contribution in [0.3, 0.4) is 0 Å². The second kappa shape index (κ2) is 17.7. The topological polar surface area (TPSA) is 32.8 Å². The molecule has 0 saturated carbocycles. The molecule has 0 N–H and O–H groups in total. The van der Waals surface area contributed by atoms with Gasteiger partial charge in [-0.05, 0) is 78.4 Å². The molecule has 0 aromatic rings. The Morgan fingerprint density at radius 1 is 0.781 bits per heavy atom. The fourth-order valence-corrected chi connectivity index (χ4v) is 4.66. The van der Waals surface area contributed by atoms with Gasteiger partial charge in [0.05, 0.1) is 0 Å². The summed E-state index contributed by atoms with van der Waals surface area (Å²) in [6.45, 7) is 15.9. The second-order valence-electron chi connectivity index (χ2n) is 11.1. The van der Waals surface area contributed by atoms with Gasteiger partial charge >= 0.3 is 6.09 Å². The molecule has 1 aliphatic heterocycles. The van der Waals surface area contributed by atoms with Crippen molar-refractivity contribution in [2.45, 2.75) is 137 Å². The van der Waals surface area contributed by atoms with E-state index in [-0.39, 0.29) is 6.09 Å². The molecule has 0 aliphatic carbocycles. The minimum atomic E-state index is -0.401. The molecule has 0 unspecified atom stereocenters. The first-order valence-electron chi connectivity index (χ1n) is 14.1. The SMILES string of the molecule is CCCCCCCCCN(CCCCCCC)CCC1CCN(C(=O)OC(C)(C)C)CC1. The van der Waals surface area contributed by atoms with E-state index in [2.05, 4.69) is 18.7 Å². The predicted octanol–water partition coefficient (Wildman–Crippen LogP) is 8.05. The Kier molecular flexibility index (Phi) is 16.2. The lowest BCUT2D eigenvalue weighted by Gasteiger charge is -2.34. The standard InChI is InChI=1S/C28H56N2O2/c1-6-8-10-12-13-15-17-22-29(21-16-14-11-9-7-2)23-18-26-19-24-30(25-20-26)27(31)32-28(3,4)5/h26H,6-25H2,1-5H3. The van der Waals surface area contributed by atoms with E-state index < -0.39 is 5.60 Å². The first-order valence-corrected chi connectivity index (χ1v) is 14.1. The van der Waals surface area contributed by atoms with Gasteiger partial charge in [-0.25, -0.2) is 4.79 Å². The largest absolute Gasteiger partial charge is 0.444 e. The van der Waals surface area contributed by atoms with Crippen molar-refractivity contribution in [2.75, 3.05) is 32.7 Å². The van der Waals surface area contributed by atoms with Crippen molar-refractivity contribution in [3.8, 4) is 0 Å². The molecule has 1 saturated heterocycles. The monoisotopic (exact) mass is 452 g/mol. The van der Waals surface area contributed by atoms with E-state index in [9.17, 15) is 4.79 Å². The summed E-state index contributed by atoms with van der Waals surface area (Å²) >= 11 is 0. The zero-order valence-corrected chi connectivity index (χ0v) is 22.4. The van der Waals surface area contributed by atoms with E-state index >= 15 is 0 Å². The molecule has 4 heteroatoms. The average Bonchev–Trinajstić information content (AvgIpc) is 2.75. The number of rotatable bonds is 17. The van der Waals surface area contributed by atoms with Crippen LogP contribution in [0.2, 0.25) is 0 Å². The number of likely N-dealkylation sites (tertiary alicyclic amines) is 1. The lowest BCUT2D eigenvalue weighted by Crippen LogP contribution is -2.42. The third kappa shape index (κ3) is 15.1. The van der Waals surface area contributed by atoms with Crippen molar-refractivity contribution >= 4 is 6.09 Å². The van der Waals surface area contributed by atoms with Gasteiger partial charge < -0.3 is 14.5 Å². The van der Waals surface area contributed by atoms with Crippen molar-refractivity contribution < 1.29 is 9.53 Å². The minimum absolute atomic E-state index is 0.136. The Labute approximate surface area is 200 Å². The van der Waals surface area contributed by atoms with E-state index in [0.717, 1.165) is 31.8 Å². The molecule has 1 heterocycles. The Hall–Kier alpha value is -0.770. The van der Waals surface area contributed by atoms with Crippen LogP contribution in [-0.4, -0.2) is 54.2 Å². The Bertz CT molecular complexity index is 453. The fourth-order valence-electron chi connectivity index (χ4n) is 4.66. The van der Waals surface area contributed by atoms with Crippen LogP contribution in [0.25, 0.3) is 0 Å². The van der Waals surface area contributed by atoms with Crippen molar-refractivity contribution in [1.29, 1.82) is 0 Å². The maximum atomic E-state index is 12.3. The molecule has 4 nitrogen and oxygen atoms in total. The third-order valence-electron chi connectivity index (χ3n) is 6.78. The molecular formula is C28H56N2O2. The first-order chi connectivity index (χ1) is 15.4. The zero-order valence-electron chi connectivity index (χ0n) is 22.4. The second-order valence-corrected chi connectivity index (χ2v) is 11.1. The number of hydrogen-bond acceptors (Lipinski definition) is 3. The number of nitrogens with zero attached hydrogens (tertiary/aromatic N) is 2. The summed E-state index contributed by atoms with van der Waals surface area (Å²) in [6.07, 6.45) is 20.0. The Morgan fingerprint density at radius 2 is 1.25 bits per heavy atom. The van der Waals surface area contributed by atoms with Crippen LogP contribution in [0, 0.1) is 5.92 Å². The van der Waals surface area contributed by atoms with Gasteiger partial charge in [-0.1, -0.05) is 78.1 Å². The van der Waals surface area contributed by atoms with Crippen molar-refractivity contribution in [3.63, 3.8) is 0 Å². The smallest absolute Gasteiger partial charge is 0.410 e. The molecule has 0 aromatic carbocycles. The molecule has 0 atom stereocenters. The van der Waals surface area contributed by atoms with Crippen LogP contribution in [-0.2, 0) is 4.74 Å². The van der Waals surface area contributed by atoms with Crippen LogP contribution < -0.4 is 0 Å². The lowest BCUT2D eigenvalue weighted by atomic mass is 9.93. The van der Waals surface area contributed by atoms with Crippen molar-refractivity contribution in [1.82, 2.24) is 9.80 Å². The molecule has 1 fully saturated rings. The normalized spacial score (nSPS) is 15.5. The summed E-state index contributed by atoms with van der Waals surface area (Å²) < 4.78 is 5.55. The number of carbonyl (C=O) groups excluding carboxylic acids is 1. The van der Waals surface area contributed by atoms with E-state index in [1.165, 1.54) is 103 Å². The predicted molar refractivity (Wildman–Crippen MR) is 138 cm³/mol. The summed E-state index contributed by atoms with van der Waals surface area (Å²) in [7, 11) is 0. The van der Waals surface area contributed by atoms with E-state index in [1.54, 1.807) is 0 Å². The number of amides is 1. The van der Waals surface area contributed by atoms with Gasteiger partial charge in [0.25, 0.3) is 0 Å². The summed E-state index contributed by atoms with van der Waals surface area (Å²) in [5.74, 6) is 0.755. The number of ether oxygens (including phenoxy) is 1. The molecule has 0 radical (unpaired) electrons. The zero-order chi connectivity index (χ0) is 23.7. The summed E-state index contributed by atoms with van der Waals surface area (Å²) in [4.78, 5) is 17.0. The highest BCUT2D eigenvalue weighted by Gasteiger charge is 2.26. The molecule has 0 spiro atoms. The Morgan fingerprint density at radius 3 is 1.72 bits per heavy atom. The van der Waals surface area contributed by atoms with Gasteiger partial charge in [0.1, 0.15) is 5.60 Å². The highest BCUT2D eigenvalue weighted by molar-refractivity contribution is 5.68. The average molecular weight is 453 g/mol. The van der Waals surface area contributed by atoms with Gasteiger partial charge in [0.15, 0.2) is 0 Å². The molecular weight excluding hydrogens is 396 g/mol. The van der Waals surface area contributed by atoms with Gasteiger partial charge in [-0.3, -0.25) is 0 Å². The summed E-state index contributed by atoms with van der Waals surface area (Å²) in [6, 6.07) is 0. The number of hydrogen-bond donors (Lipinski definition) is 0. The highest BCUT2D eigenvalue weighted by atomic mass is 16.6. The summed E-state index contributed by atoms with van der Waals surface area (Å²) in [5.41, 5.74) is -0.401. The number of carbonyl (C=O) groups is 1.